The molecule has 0 bridgehead atoms. The van der Waals surface area contributed by atoms with Crippen LogP contribution < -0.4 is 9.64 Å². The number of hydrogen-bond acceptors (Lipinski definition) is 6. The Kier molecular flexibility index (Phi) is 6.10. The molecule has 7 heteroatoms. The number of ether oxygens (including phenoxy) is 1. The topological polar surface area (TPSA) is 79.7 Å². The fourth-order valence-electron chi connectivity index (χ4n) is 4.44. The zero-order chi connectivity index (χ0) is 25.6. The minimum atomic E-state index is -0.810. The van der Waals surface area contributed by atoms with Crippen molar-refractivity contribution in [2.45, 2.75) is 32.7 Å². The number of thiazole rings is 1. The number of Topliss-reactive ketones (excluding diaryl/α,β-unsaturated/α-hetero) is 1. The molecule has 0 aliphatic carbocycles. The highest BCUT2D eigenvalue weighted by Crippen LogP contribution is 2.44. The van der Waals surface area contributed by atoms with E-state index in [0.717, 1.165) is 26.9 Å². The zero-order valence-corrected chi connectivity index (χ0v) is 21.3. The van der Waals surface area contributed by atoms with E-state index in [9.17, 15) is 14.7 Å². The second-order valence-corrected chi connectivity index (χ2v) is 10.2. The van der Waals surface area contributed by atoms with E-state index in [-0.39, 0.29) is 11.3 Å². The third-order valence-corrected chi connectivity index (χ3v) is 7.48. The van der Waals surface area contributed by atoms with Crippen LogP contribution in [0.2, 0.25) is 0 Å². The molecule has 0 spiro atoms. The number of anilines is 1. The molecule has 182 valence electrons. The van der Waals surface area contributed by atoms with Gasteiger partial charge in [0.1, 0.15) is 11.5 Å². The van der Waals surface area contributed by atoms with Crippen molar-refractivity contribution in [2.24, 2.45) is 0 Å². The number of amides is 1. The lowest BCUT2D eigenvalue weighted by molar-refractivity contribution is -0.132. The van der Waals surface area contributed by atoms with E-state index in [0.29, 0.717) is 22.4 Å². The molecule has 1 fully saturated rings. The summed E-state index contributed by atoms with van der Waals surface area (Å²) in [6.45, 7) is 6.21. The minimum absolute atomic E-state index is 0.0397. The Balaban J connectivity index is 1.70. The van der Waals surface area contributed by atoms with Gasteiger partial charge in [-0.05, 0) is 65.9 Å². The molecule has 1 amide bonds. The second-order valence-electron chi connectivity index (χ2n) is 9.19. The molecule has 1 unspecified atom stereocenters. The third kappa shape index (κ3) is 4.05. The monoisotopic (exact) mass is 498 g/mol. The molecule has 1 aliphatic rings. The van der Waals surface area contributed by atoms with E-state index in [1.165, 1.54) is 16.2 Å². The van der Waals surface area contributed by atoms with Gasteiger partial charge < -0.3 is 9.84 Å². The molecular formula is C29H26N2O4S. The van der Waals surface area contributed by atoms with Crippen LogP contribution in [0.4, 0.5) is 5.13 Å². The largest absolute Gasteiger partial charge is 0.507 e. The van der Waals surface area contributed by atoms with Gasteiger partial charge in [0.2, 0.25) is 0 Å². The predicted octanol–water partition coefficient (Wildman–Crippen LogP) is 6.36. The predicted molar refractivity (Wildman–Crippen MR) is 143 cm³/mol. The minimum Gasteiger partial charge on any atom is -0.507 e. The van der Waals surface area contributed by atoms with Crippen molar-refractivity contribution < 1.29 is 19.4 Å². The summed E-state index contributed by atoms with van der Waals surface area (Å²) in [5.74, 6) is -0.723. The molecule has 1 aromatic heterocycles. The van der Waals surface area contributed by atoms with E-state index < -0.39 is 17.7 Å². The first kappa shape index (κ1) is 23.8. The maximum atomic E-state index is 13.4. The van der Waals surface area contributed by atoms with Gasteiger partial charge in [-0.15, -0.1) is 0 Å². The van der Waals surface area contributed by atoms with E-state index >= 15 is 0 Å². The van der Waals surface area contributed by atoms with E-state index in [1.54, 1.807) is 31.4 Å². The number of aliphatic hydroxyl groups is 1. The molecule has 0 saturated carbocycles. The van der Waals surface area contributed by atoms with Crippen molar-refractivity contribution in [2.75, 3.05) is 12.0 Å². The molecule has 3 aromatic carbocycles. The van der Waals surface area contributed by atoms with Crippen molar-refractivity contribution in [3.8, 4) is 5.75 Å². The van der Waals surface area contributed by atoms with Crippen molar-refractivity contribution in [1.29, 1.82) is 0 Å². The summed E-state index contributed by atoms with van der Waals surface area (Å²) in [4.78, 5) is 32.9. The highest BCUT2D eigenvalue weighted by Gasteiger charge is 2.48. The molecule has 1 aliphatic heterocycles. The number of methoxy groups -OCH3 is 1. The SMILES string of the molecule is COc1ccc(/C(O)=C2\C(=O)C(=O)N(c3nc4ccc(C)cc4s3)C2c2ccc(C(C)C)cc2)cc1. The number of rotatable bonds is 5. The lowest BCUT2D eigenvalue weighted by Crippen LogP contribution is -2.29. The first-order chi connectivity index (χ1) is 17.3. The summed E-state index contributed by atoms with van der Waals surface area (Å²) in [6, 6.07) is 19.6. The number of nitrogens with zero attached hydrogens (tertiary/aromatic N) is 2. The summed E-state index contributed by atoms with van der Waals surface area (Å²) in [5, 5.41) is 11.7. The van der Waals surface area contributed by atoms with Crippen LogP contribution in [0.3, 0.4) is 0 Å². The summed E-state index contributed by atoms with van der Waals surface area (Å²) < 4.78 is 6.14. The van der Waals surface area contributed by atoms with Gasteiger partial charge in [-0.3, -0.25) is 14.5 Å². The number of carbonyl (C=O) groups is 2. The van der Waals surface area contributed by atoms with E-state index in [2.05, 4.69) is 18.8 Å². The van der Waals surface area contributed by atoms with Crippen LogP contribution in [-0.4, -0.2) is 28.9 Å². The fourth-order valence-corrected chi connectivity index (χ4v) is 5.53. The molecule has 1 N–H and O–H groups in total. The quantitative estimate of drug-likeness (QED) is 0.197. The maximum absolute atomic E-state index is 13.4. The van der Waals surface area contributed by atoms with Gasteiger partial charge in [0.05, 0.1) is 28.9 Å². The molecule has 0 radical (unpaired) electrons. The molecule has 2 heterocycles. The molecule has 4 aromatic rings. The van der Waals surface area contributed by atoms with Crippen LogP contribution >= 0.6 is 11.3 Å². The number of aryl methyl sites for hydroxylation is 1. The number of carbonyl (C=O) groups excluding carboxylic acids is 2. The van der Waals surface area contributed by atoms with Crippen molar-refractivity contribution in [3.63, 3.8) is 0 Å². The Bertz CT molecular complexity index is 1500. The first-order valence-electron chi connectivity index (χ1n) is 11.7. The van der Waals surface area contributed by atoms with Gasteiger partial charge in [-0.1, -0.05) is 55.5 Å². The fraction of sp³-hybridized carbons (Fsp3) is 0.207. The molecule has 1 atom stereocenters. The number of ketones is 1. The van der Waals surface area contributed by atoms with Gasteiger partial charge in [0.25, 0.3) is 5.78 Å². The van der Waals surface area contributed by atoms with Gasteiger partial charge in [-0.25, -0.2) is 4.98 Å². The standard InChI is InChI=1S/C29H26N2O4S/c1-16(2)18-6-8-19(9-7-18)25-24(26(32)20-10-12-21(35-4)13-11-20)27(33)28(34)31(25)29-30-22-14-5-17(3)15-23(22)36-29/h5-16,25,32H,1-4H3/b26-24+. The molecule has 5 rings (SSSR count). The Hall–Kier alpha value is -3.97. The number of fused-ring (bicyclic) bond motifs is 1. The Morgan fingerprint density at radius 3 is 2.36 bits per heavy atom. The zero-order valence-electron chi connectivity index (χ0n) is 20.5. The molecular weight excluding hydrogens is 472 g/mol. The average Bonchev–Trinajstić information content (AvgIpc) is 3.41. The van der Waals surface area contributed by atoms with Crippen LogP contribution in [0.1, 0.15) is 48.1 Å². The van der Waals surface area contributed by atoms with Gasteiger partial charge >= 0.3 is 5.91 Å². The van der Waals surface area contributed by atoms with Crippen LogP contribution in [0.25, 0.3) is 16.0 Å². The van der Waals surface area contributed by atoms with Crippen LogP contribution in [0.15, 0.2) is 72.3 Å². The van der Waals surface area contributed by atoms with E-state index in [1.807, 2.05) is 49.4 Å². The van der Waals surface area contributed by atoms with Crippen molar-refractivity contribution in [1.82, 2.24) is 4.98 Å². The Morgan fingerprint density at radius 1 is 1.03 bits per heavy atom. The number of aliphatic hydroxyl groups excluding tert-OH is 1. The molecule has 6 nitrogen and oxygen atoms in total. The lowest BCUT2D eigenvalue weighted by Gasteiger charge is -2.23. The Morgan fingerprint density at radius 2 is 1.72 bits per heavy atom. The smallest absolute Gasteiger partial charge is 0.301 e. The third-order valence-electron chi connectivity index (χ3n) is 6.47. The van der Waals surface area contributed by atoms with Crippen LogP contribution in [-0.2, 0) is 9.59 Å². The van der Waals surface area contributed by atoms with Crippen LogP contribution in [0, 0.1) is 6.92 Å². The number of hydrogen-bond donors (Lipinski definition) is 1. The number of benzene rings is 3. The van der Waals surface area contributed by atoms with Gasteiger partial charge in [-0.2, -0.15) is 0 Å². The second kappa shape index (κ2) is 9.24. The average molecular weight is 499 g/mol. The van der Waals surface area contributed by atoms with Crippen LogP contribution in [0.5, 0.6) is 5.75 Å². The first-order valence-corrected chi connectivity index (χ1v) is 12.5. The highest BCUT2D eigenvalue weighted by molar-refractivity contribution is 7.22. The maximum Gasteiger partial charge on any atom is 0.301 e. The summed E-state index contributed by atoms with van der Waals surface area (Å²) >= 11 is 1.36. The summed E-state index contributed by atoms with van der Waals surface area (Å²) in [7, 11) is 1.56. The summed E-state index contributed by atoms with van der Waals surface area (Å²) in [6.07, 6.45) is 0. The van der Waals surface area contributed by atoms with Gasteiger partial charge in [0, 0.05) is 5.56 Å². The highest BCUT2D eigenvalue weighted by atomic mass is 32.1. The summed E-state index contributed by atoms with van der Waals surface area (Å²) in [5.41, 5.74) is 4.17. The lowest BCUT2D eigenvalue weighted by atomic mass is 9.93. The van der Waals surface area contributed by atoms with Crippen molar-refractivity contribution >= 4 is 44.1 Å². The van der Waals surface area contributed by atoms with Gasteiger partial charge in [0.15, 0.2) is 5.13 Å². The Labute approximate surface area is 213 Å². The number of aromatic nitrogens is 1. The van der Waals surface area contributed by atoms with E-state index in [4.69, 9.17) is 4.74 Å². The van der Waals surface area contributed by atoms with Crippen molar-refractivity contribution in [3.05, 3.63) is 94.6 Å². The normalized spacial score (nSPS) is 17.4. The molecule has 36 heavy (non-hydrogen) atoms. The molecule has 1 saturated heterocycles.